The summed E-state index contributed by atoms with van der Waals surface area (Å²) in [7, 11) is 0. The zero-order chi connectivity index (χ0) is 27.2. The van der Waals surface area contributed by atoms with Gasteiger partial charge in [-0.3, -0.25) is 14.6 Å². The second kappa shape index (κ2) is 11.9. The van der Waals surface area contributed by atoms with Crippen molar-refractivity contribution in [1.82, 2.24) is 20.3 Å². The summed E-state index contributed by atoms with van der Waals surface area (Å²) in [4.78, 5) is 50.0. The largest absolute Gasteiger partial charge is 0.449 e. The van der Waals surface area contributed by atoms with Crippen molar-refractivity contribution in [3.05, 3.63) is 71.9 Å². The van der Waals surface area contributed by atoms with Crippen LogP contribution in [0.25, 0.3) is 11.3 Å². The Morgan fingerprint density at radius 1 is 1.08 bits per heavy atom. The third-order valence-electron chi connectivity index (χ3n) is 8.08. The van der Waals surface area contributed by atoms with Crippen molar-refractivity contribution < 1.29 is 19.1 Å². The van der Waals surface area contributed by atoms with E-state index in [0.717, 1.165) is 42.8 Å². The fourth-order valence-corrected chi connectivity index (χ4v) is 5.77. The Bertz CT molecular complexity index is 1310. The lowest BCUT2D eigenvalue weighted by Crippen LogP contribution is -2.40. The molecule has 1 spiro atoms. The number of nitrogens with zero attached hydrogens (tertiary/aromatic N) is 2. The average Bonchev–Trinajstić information content (AvgIpc) is 3.56. The second-order valence-corrected chi connectivity index (χ2v) is 10.7. The Morgan fingerprint density at radius 2 is 1.87 bits per heavy atom. The minimum Gasteiger partial charge on any atom is -0.449 e. The van der Waals surface area contributed by atoms with Crippen molar-refractivity contribution in [1.29, 1.82) is 0 Å². The van der Waals surface area contributed by atoms with Crippen LogP contribution >= 0.6 is 0 Å². The van der Waals surface area contributed by atoms with Crippen LogP contribution in [0.1, 0.15) is 99.1 Å². The van der Waals surface area contributed by atoms with Crippen LogP contribution in [0.2, 0.25) is 0 Å². The molecule has 1 saturated carbocycles. The smallest absolute Gasteiger partial charge is 0.341 e. The maximum atomic E-state index is 13.5. The zero-order valence-electron chi connectivity index (χ0n) is 22.4. The van der Waals surface area contributed by atoms with Crippen molar-refractivity contribution >= 4 is 17.7 Å². The molecule has 3 heterocycles. The van der Waals surface area contributed by atoms with Gasteiger partial charge in [-0.25, -0.2) is 9.78 Å². The molecule has 1 atom stereocenters. The molecule has 2 aliphatic rings. The van der Waals surface area contributed by atoms with E-state index in [4.69, 9.17) is 4.74 Å². The number of ketones is 1. The average molecular weight is 529 g/mol. The molecule has 0 bridgehead atoms. The number of unbranched alkanes of at least 4 members (excludes halogenated alkanes) is 2. The molecule has 8 nitrogen and oxygen atoms in total. The third-order valence-corrected chi connectivity index (χ3v) is 8.08. The summed E-state index contributed by atoms with van der Waals surface area (Å²) in [5.74, 6) is 0.532. The van der Waals surface area contributed by atoms with E-state index in [1.807, 2.05) is 43.5 Å². The van der Waals surface area contributed by atoms with Gasteiger partial charge >= 0.3 is 5.97 Å². The molecule has 8 heteroatoms. The number of Topliss-reactive ketones (excluding diaryl/α,β-unsaturated/α-hetero) is 1. The van der Waals surface area contributed by atoms with Gasteiger partial charge in [0, 0.05) is 25.0 Å². The molecule has 2 N–H and O–H groups in total. The maximum Gasteiger partial charge on any atom is 0.341 e. The molecule has 1 aliphatic heterocycles. The van der Waals surface area contributed by atoms with Crippen LogP contribution in [0.15, 0.2) is 54.9 Å². The van der Waals surface area contributed by atoms with E-state index in [1.54, 1.807) is 18.3 Å². The highest BCUT2D eigenvalue weighted by atomic mass is 16.6. The van der Waals surface area contributed by atoms with Crippen LogP contribution in [-0.2, 0) is 19.9 Å². The van der Waals surface area contributed by atoms with Crippen molar-refractivity contribution in [2.24, 2.45) is 5.92 Å². The Hall–Kier alpha value is -3.81. The molecule has 0 radical (unpaired) electrons. The molecule has 0 saturated heterocycles. The number of amides is 1. The summed E-state index contributed by atoms with van der Waals surface area (Å²) >= 11 is 0. The highest BCUT2D eigenvalue weighted by Crippen LogP contribution is 2.47. The lowest BCUT2D eigenvalue weighted by molar-refractivity contribution is -0.129. The number of imidazole rings is 1. The Morgan fingerprint density at radius 3 is 2.64 bits per heavy atom. The Balaban J connectivity index is 1.24. The fraction of sp³-hybridized carbons (Fsp3) is 0.452. The number of ether oxygens (including phenoxy) is 1. The Kier molecular flexibility index (Phi) is 8.19. The molecule has 2 aromatic heterocycles. The minimum atomic E-state index is -0.717. The summed E-state index contributed by atoms with van der Waals surface area (Å²) in [5.41, 5.74) is 2.47. The van der Waals surface area contributed by atoms with Gasteiger partial charge in [-0.05, 0) is 56.2 Å². The Labute approximate surface area is 229 Å². The monoisotopic (exact) mass is 528 g/mol. The number of nitrogens with one attached hydrogen (secondary N) is 2. The van der Waals surface area contributed by atoms with Crippen LogP contribution in [0.4, 0.5) is 0 Å². The van der Waals surface area contributed by atoms with Gasteiger partial charge in [0.05, 0.1) is 29.2 Å². The van der Waals surface area contributed by atoms with E-state index in [2.05, 4.69) is 20.3 Å². The van der Waals surface area contributed by atoms with Gasteiger partial charge in [-0.2, -0.15) is 0 Å². The van der Waals surface area contributed by atoms with Crippen molar-refractivity contribution in [2.45, 2.75) is 82.8 Å². The number of aromatic nitrogens is 3. The number of H-pyrrole nitrogens is 1. The van der Waals surface area contributed by atoms with E-state index in [0.29, 0.717) is 55.6 Å². The second-order valence-electron chi connectivity index (χ2n) is 10.7. The van der Waals surface area contributed by atoms with Gasteiger partial charge in [0.2, 0.25) is 5.91 Å². The highest BCUT2D eigenvalue weighted by molar-refractivity contribution is 5.94. The summed E-state index contributed by atoms with van der Waals surface area (Å²) in [6.07, 6.45) is 10.5. The van der Waals surface area contributed by atoms with Gasteiger partial charge in [-0.1, -0.05) is 50.1 Å². The van der Waals surface area contributed by atoms with Crippen molar-refractivity contribution in [3.63, 3.8) is 0 Å². The topological polar surface area (TPSA) is 114 Å². The minimum absolute atomic E-state index is 0.000704. The number of fused-ring (bicyclic) bond motifs is 2. The molecule has 204 valence electrons. The first-order valence-corrected chi connectivity index (χ1v) is 14.1. The first-order valence-electron chi connectivity index (χ1n) is 14.1. The molecule has 1 fully saturated rings. The molecule has 0 unspecified atom stereocenters. The van der Waals surface area contributed by atoms with Gasteiger partial charge in [0.25, 0.3) is 0 Å². The summed E-state index contributed by atoms with van der Waals surface area (Å²) in [6, 6.07) is 13.2. The molecule has 1 aliphatic carbocycles. The van der Waals surface area contributed by atoms with Crippen molar-refractivity contribution in [3.8, 4) is 11.3 Å². The van der Waals surface area contributed by atoms with Crippen LogP contribution in [0.3, 0.4) is 0 Å². The zero-order valence-corrected chi connectivity index (χ0v) is 22.4. The van der Waals surface area contributed by atoms with E-state index in [9.17, 15) is 14.4 Å². The van der Waals surface area contributed by atoms with E-state index in [1.165, 1.54) is 0 Å². The number of hydrogen-bond acceptors (Lipinski definition) is 6. The lowest BCUT2D eigenvalue weighted by atomic mass is 9.76. The highest BCUT2D eigenvalue weighted by Gasteiger charge is 2.49. The number of carbonyl (C=O) groups excluding carboxylic acids is 3. The van der Waals surface area contributed by atoms with Gasteiger partial charge in [0.1, 0.15) is 11.6 Å². The van der Waals surface area contributed by atoms with Crippen LogP contribution in [0.5, 0.6) is 0 Å². The van der Waals surface area contributed by atoms with Crippen LogP contribution < -0.4 is 5.32 Å². The number of rotatable bonds is 11. The summed E-state index contributed by atoms with van der Waals surface area (Å²) in [6.45, 7) is 1.90. The van der Waals surface area contributed by atoms with Gasteiger partial charge < -0.3 is 15.0 Å². The summed E-state index contributed by atoms with van der Waals surface area (Å²) in [5, 5.41) is 3.26. The van der Waals surface area contributed by atoms with Crippen LogP contribution in [0, 0.1) is 5.92 Å². The van der Waals surface area contributed by atoms with Gasteiger partial charge in [0.15, 0.2) is 5.60 Å². The van der Waals surface area contributed by atoms with E-state index >= 15 is 0 Å². The first kappa shape index (κ1) is 26.8. The number of esters is 1. The molecule has 5 rings (SSSR count). The molecular weight excluding hydrogens is 492 g/mol. The number of hydrogen-bond donors (Lipinski definition) is 2. The normalized spacial score (nSPS) is 20.8. The summed E-state index contributed by atoms with van der Waals surface area (Å²) < 4.78 is 5.81. The standard InChI is InChI=1S/C31H36N4O4/c1-2-23(36)12-7-4-8-14-25(28-33-20-26(34-28)21-10-5-3-6-11-21)35-29(37)22-15-17-31(18-16-22)27-24(30(38)39-31)13-9-19-32-27/h3,5-6,9-11,13,19-20,22,25H,2,4,7-8,12,14-18H2,1H3,(H,33,34)(H,35,37)/t22?,25-,31?/m0/s1. The van der Waals surface area contributed by atoms with E-state index in [-0.39, 0.29) is 23.8 Å². The number of carbonyl (C=O) groups is 3. The number of benzene rings is 1. The lowest BCUT2D eigenvalue weighted by Gasteiger charge is -2.35. The van der Waals surface area contributed by atoms with E-state index < -0.39 is 5.60 Å². The van der Waals surface area contributed by atoms with Crippen molar-refractivity contribution in [2.75, 3.05) is 0 Å². The maximum absolute atomic E-state index is 13.5. The first-order chi connectivity index (χ1) is 19.0. The third kappa shape index (κ3) is 5.95. The number of aromatic amines is 1. The quantitative estimate of drug-likeness (QED) is 0.240. The SMILES string of the molecule is CCC(=O)CCCCC[C@H](NC(=O)C1CCC2(CC1)OC(=O)c1cccnc12)c1ncc(-c2ccccc2)[nH]1. The molecule has 39 heavy (non-hydrogen) atoms. The fourth-order valence-electron chi connectivity index (χ4n) is 5.77. The molecule has 1 amide bonds. The van der Waals surface area contributed by atoms with Gasteiger partial charge in [-0.15, -0.1) is 0 Å². The predicted octanol–water partition coefficient (Wildman–Crippen LogP) is 5.81. The molecule has 1 aromatic carbocycles. The number of pyridine rings is 1. The van der Waals surface area contributed by atoms with Crippen LogP contribution in [-0.4, -0.2) is 32.6 Å². The molecular formula is C31H36N4O4. The molecule has 3 aromatic rings. The predicted molar refractivity (Wildman–Crippen MR) is 147 cm³/mol.